The number of esters is 3. The van der Waals surface area contributed by atoms with E-state index in [0.717, 1.165) is 96.3 Å². The Morgan fingerprint density at radius 2 is 0.615 bits per heavy atom. The van der Waals surface area contributed by atoms with E-state index in [9.17, 15) is 14.4 Å². The zero-order valence-electron chi connectivity index (χ0n) is 42.7. The first-order chi connectivity index (χ1) is 32.0. The Balaban J connectivity index is 4.45. The molecule has 374 valence electrons. The van der Waals surface area contributed by atoms with Gasteiger partial charge in [0, 0.05) is 19.3 Å². The average molecular weight is 907 g/mol. The highest BCUT2D eigenvalue weighted by Crippen LogP contribution is 2.14. The van der Waals surface area contributed by atoms with E-state index >= 15 is 0 Å². The summed E-state index contributed by atoms with van der Waals surface area (Å²) in [5.41, 5.74) is 0. The van der Waals surface area contributed by atoms with Gasteiger partial charge in [0.1, 0.15) is 13.2 Å². The maximum atomic E-state index is 12.8. The van der Waals surface area contributed by atoms with Gasteiger partial charge in [-0.25, -0.2) is 0 Å². The van der Waals surface area contributed by atoms with Crippen molar-refractivity contribution in [3.8, 4) is 0 Å². The largest absolute Gasteiger partial charge is 0.462 e. The topological polar surface area (TPSA) is 78.9 Å². The maximum Gasteiger partial charge on any atom is 0.306 e. The maximum absolute atomic E-state index is 12.8. The van der Waals surface area contributed by atoms with E-state index < -0.39 is 6.10 Å². The molecule has 1 unspecified atom stereocenters. The molecule has 0 spiro atoms. The van der Waals surface area contributed by atoms with E-state index in [1.165, 1.54) is 122 Å². The Morgan fingerprint density at radius 1 is 0.323 bits per heavy atom. The van der Waals surface area contributed by atoms with Crippen molar-refractivity contribution in [1.82, 2.24) is 0 Å². The van der Waals surface area contributed by atoms with Gasteiger partial charge in [0.2, 0.25) is 0 Å². The van der Waals surface area contributed by atoms with Crippen LogP contribution in [0.5, 0.6) is 0 Å². The lowest BCUT2D eigenvalue weighted by molar-refractivity contribution is -0.167. The van der Waals surface area contributed by atoms with Gasteiger partial charge >= 0.3 is 17.9 Å². The standard InChI is InChI=1S/C59H102O6/c1-4-7-10-13-16-19-22-25-27-29-31-32-34-37-40-43-46-49-52-58(61)64-55-56(54-63-57(60)51-48-45-42-39-36-24-21-18-15-12-9-6-3)65-59(62)53-50-47-44-41-38-35-33-30-28-26-23-20-17-14-11-8-5-2/h9,12,18,21,26,28,31-33,35,41,44,56H,4-8,10-11,13-17,19-20,22-25,27,29-30,34,36-40,42-43,45-55H2,1-3H3/b12-9-,21-18-,28-26-,32-31-,35-33-,44-41-. The Labute approximate surface area is 402 Å². The molecule has 0 aromatic rings. The molecule has 0 rings (SSSR count). The van der Waals surface area contributed by atoms with E-state index in [2.05, 4.69) is 93.7 Å². The number of carbonyl (C=O) groups excluding carboxylic acids is 3. The van der Waals surface area contributed by atoms with Gasteiger partial charge in [0.25, 0.3) is 0 Å². The Kier molecular flexibility index (Phi) is 50.9. The Bertz CT molecular complexity index is 1230. The minimum atomic E-state index is -0.810. The molecule has 6 heteroatoms. The molecule has 0 saturated heterocycles. The van der Waals surface area contributed by atoms with Crippen molar-refractivity contribution in [2.75, 3.05) is 13.2 Å². The highest BCUT2D eigenvalue weighted by molar-refractivity contribution is 5.71. The molecule has 1 atom stereocenters. The second kappa shape index (κ2) is 53.5. The first kappa shape index (κ1) is 61.9. The summed E-state index contributed by atoms with van der Waals surface area (Å²) < 4.78 is 16.8. The minimum Gasteiger partial charge on any atom is -0.462 e. The molecule has 0 aliphatic heterocycles. The third-order valence-corrected chi connectivity index (χ3v) is 11.7. The third kappa shape index (κ3) is 51.7. The van der Waals surface area contributed by atoms with Crippen LogP contribution in [-0.4, -0.2) is 37.2 Å². The quantitative estimate of drug-likeness (QED) is 0.0262. The van der Waals surface area contributed by atoms with Crippen LogP contribution < -0.4 is 0 Å². The highest BCUT2D eigenvalue weighted by atomic mass is 16.6. The van der Waals surface area contributed by atoms with Crippen LogP contribution in [0.2, 0.25) is 0 Å². The fourth-order valence-corrected chi connectivity index (χ4v) is 7.55. The summed E-state index contributed by atoms with van der Waals surface area (Å²) in [4.78, 5) is 38.0. The van der Waals surface area contributed by atoms with Crippen LogP contribution in [0.4, 0.5) is 0 Å². The molecule has 0 amide bonds. The van der Waals surface area contributed by atoms with E-state index in [1.807, 2.05) is 0 Å². The summed E-state index contributed by atoms with van der Waals surface area (Å²) in [6, 6.07) is 0. The van der Waals surface area contributed by atoms with Crippen molar-refractivity contribution in [1.29, 1.82) is 0 Å². The zero-order chi connectivity index (χ0) is 47.2. The van der Waals surface area contributed by atoms with Crippen LogP contribution in [-0.2, 0) is 28.6 Å². The molecule has 0 aromatic carbocycles. The number of hydrogen-bond acceptors (Lipinski definition) is 6. The van der Waals surface area contributed by atoms with Crippen molar-refractivity contribution in [3.63, 3.8) is 0 Å². The molecule has 0 bridgehead atoms. The molecular formula is C59H102O6. The van der Waals surface area contributed by atoms with Crippen molar-refractivity contribution in [2.24, 2.45) is 0 Å². The number of rotatable bonds is 49. The van der Waals surface area contributed by atoms with Crippen molar-refractivity contribution in [2.45, 2.75) is 271 Å². The van der Waals surface area contributed by atoms with E-state index in [0.29, 0.717) is 19.3 Å². The molecule has 0 fully saturated rings. The molecular weight excluding hydrogens is 805 g/mol. The first-order valence-corrected chi connectivity index (χ1v) is 27.4. The van der Waals surface area contributed by atoms with Crippen LogP contribution in [0.15, 0.2) is 72.9 Å². The number of allylic oxidation sites excluding steroid dienone is 12. The zero-order valence-corrected chi connectivity index (χ0v) is 42.7. The predicted molar refractivity (Wildman–Crippen MR) is 279 cm³/mol. The normalized spacial score (nSPS) is 12.6. The number of unbranched alkanes of at least 4 members (excludes halogenated alkanes) is 26. The van der Waals surface area contributed by atoms with Gasteiger partial charge in [0.15, 0.2) is 6.10 Å². The molecule has 6 nitrogen and oxygen atoms in total. The summed E-state index contributed by atoms with van der Waals surface area (Å²) >= 11 is 0. The smallest absolute Gasteiger partial charge is 0.306 e. The molecule has 0 saturated carbocycles. The van der Waals surface area contributed by atoms with E-state index in [4.69, 9.17) is 14.2 Å². The lowest BCUT2D eigenvalue weighted by Crippen LogP contribution is -2.30. The number of ether oxygens (including phenoxy) is 3. The van der Waals surface area contributed by atoms with Crippen LogP contribution >= 0.6 is 0 Å². The van der Waals surface area contributed by atoms with Crippen LogP contribution in [0.25, 0.3) is 0 Å². The van der Waals surface area contributed by atoms with Gasteiger partial charge < -0.3 is 14.2 Å². The minimum absolute atomic E-state index is 0.104. The number of carbonyl (C=O) groups is 3. The Hall–Kier alpha value is -3.15. The monoisotopic (exact) mass is 907 g/mol. The van der Waals surface area contributed by atoms with Gasteiger partial charge in [-0.3, -0.25) is 14.4 Å². The lowest BCUT2D eigenvalue weighted by atomic mass is 10.1. The average Bonchev–Trinajstić information content (AvgIpc) is 3.30. The van der Waals surface area contributed by atoms with Gasteiger partial charge in [-0.05, 0) is 103 Å². The fourth-order valence-electron chi connectivity index (χ4n) is 7.55. The summed E-state index contributed by atoms with van der Waals surface area (Å²) in [6.07, 6.45) is 67.6. The Morgan fingerprint density at radius 3 is 1.00 bits per heavy atom. The van der Waals surface area contributed by atoms with Crippen LogP contribution in [0.3, 0.4) is 0 Å². The molecule has 0 heterocycles. The molecule has 0 aliphatic carbocycles. The highest BCUT2D eigenvalue weighted by Gasteiger charge is 2.19. The van der Waals surface area contributed by atoms with E-state index in [-0.39, 0.29) is 37.5 Å². The van der Waals surface area contributed by atoms with Crippen molar-refractivity contribution in [3.05, 3.63) is 72.9 Å². The third-order valence-electron chi connectivity index (χ3n) is 11.7. The van der Waals surface area contributed by atoms with Gasteiger partial charge in [-0.2, -0.15) is 0 Å². The van der Waals surface area contributed by atoms with Gasteiger partial charge in [-0.15, -0.1) is 0 Å². The molecule has 0 aromatic heterocycles. The summed E-state index contributed by atoms with van der Waals surface area (Å²) in [5.74, 6) is -0.976. The summed E-state index contributed by atoms with van der Waals surface area (Å²) in [6.45, 7) is 6.47. The van der Waals surface area contributed by atoms with Crippen LogP contribution in [0.1, 0.15) is 265 Å². The van der Waals surface area contributed by atoms with Gasteiger partial charge in [-0.1, -0.05) is 216 Å². The molecule has 65 heavy (non-hydrogen) atoms. The second-order valence-corrected chi connectivity index (χ2v) is 18.1. The van der Waals surface area contributed by atoms with Crippen molar-refractivity contribution >= 4 is 17.9 Å². The van der Waals surface area contributed by atoms with Gasteiger partial charge in [0.05, 0.1) is 0 Å². The molecule has 0 aliphatic rings. The fraction of sp³-hybridized carbons (Fsp3) is 0.746. The summed E-state index contributed by atoms with van der Waals surface area (Å²) in [7, 11) is 0. The lowest BCUT2D eigenvalue weighted by Gasteiger charge is -2.18. The van der Waals surface area contributed by atoms with Crippen LogP contribution in [0, 0.1) is 0 Å². The first-order valence-electron chi connectivity index (χ1n) is 27.4. The number of hydrogen-bond donors (Lipinski definition) is 0. The van der Waals surface area contributed by atoms with E-state index in [1.54, 1.807) is 0 Å². The summed E-state index contributed by atoms with van der Waals surface area (Å²) in [5, 5.41) is 0. The molecule has 0 radical (unpaired) electrons. The van der Waals surface area contributed by atoms with Crippen molar-refractivity contribution < 1.29 is 28.6 Å². The second-order valence-electron chi connectivity index (χ2n) is 18.1. The molecule has 0 N–H and O–H groups in total. The predicted octanol–water partition coefficient (Wildman–Crippen LogP) is 18.2. The SMILES string of the molecule is CC/C=C\C/C=C\CCCCCCCC(=O)OCC(COC(=O)CCCCCCC/C=C\CCCCCCCCCCC)OC(=O)CCC/C=C\C/C=C\C/C=C\CCCCCCCC.